The smallest absolute Gasteiger partial charge is 0.0213 e. The van der Waals surface area contributed by atoms with Crippen LogP contribution in [0, 0.1) is 5.41 Å². The molecule has 4 aliphatic rings. The zero-order valence-corrected chi connectivity index (χ0v) is 7.84. The molecule has 68 valence electrons. The summed E-state index contributed by atoms with van der Waals surface area (Å²) >= 11 is 0. The van der Waals surface area contributed by atoms with E-state index >= 15 is 0 Å². The third-order valence-electron chi connectivity index (χ3n) is 3.71. The predicted molar refractivity (Wildman–Crippen MR) is 49.1 cm³/mol. The standard InChI is InChI=1S/C10H18N2/c1-10(2-3-10)7-12-5-8-4-9(6-12)11-8/h8-9,11H,2-7H2,1H3. The van der Waals surface area contributed by atoms with Crippen LogP contribution in [-0.2, 0) is 0 Å². The highest BCUT2D eigenvalue weighted by atomic mass is 15.3. The van der Waals surface area contributed by atoms with E-state index in [1.807, 2.05) is 0 Å². The molecule has 0 spiro atoms. The molecular weight excluding hydrogens is 148 g/mol. The average molecular weight is 166 g/mol. The Hall–Kier alpha value is -0.0800. The van der Waals surface area contributed by atoms with Gasteiger partial charge in [-0.1, -0.05) is 6.92 Å². The van der Waals surface area contributed by atoms with Crippen molar-refractivity contribution < 1.29 is 0 Å². The molecule has 3 saturated heterocycles. The molecule has 2 atom stereocenters. The van der Waals surface area contributed by atoms with Crippen LogP contribution in [0.2, 0.25) is 0 Å². The van der Waals surface area contributed by atoms with Gasteiger partial charge >= 0.3 is 0 Å². The van der Waals surface area contributed by atoms with E-state index < -0.39 is 0 Å². The molecule has 0 aromatic rings. The fourth-order valence-corrected chi connectivity index (χ4v) is 2.65. The Kier molecular flexibility index (Phi) is 1.37. The van der Waals surface area contributed by atoms with Crippen LogP contribution in [0.5, 0.6) is 0 Å². The minimum atomic E-state index is 0.712. The first kappa shape index (κ1) is 7.34. The van der Waals surface area contributed by atoms with Crippen LogP contribution < -0.4 is 5.32 Å². The summed E-state index contributed by atoms with van der Waals surface area (Å²) in [7, 11) is 0. The van der Waals surface area contributed by atoms with Crippen LogP contribution in [0.3, 0.4) is 0 Å². The van der Waals surface area contributed by atoms with E-state index in [9.17, 15) is 0 Å². The molecule has 2 unspecified atom stereocenters. The normalized spacial score (nSPS) is 43.8. The van der Waals surface area contributed by atoms with Gasteiger partial charge in [-0.05, 0) is 24.7 Å². The maximum Gasteiger partial charge on any atom is 0.0213 e. The van der Waals surface area contributed by atoms with E-state index in [4.69, 9.17) is 0 Å². The van der Waals surface area contributed by atoms with Crippen LogP contribution in [0.15, 0.2) is 0 Å². The Morgan fingerprint density at radius 3 is 2.42 bits per heavy atom. The average Bonchev–Trinajstić information content (AvgIpc) is 2.66. The number of piperazine rings is 1. The van der Waals surface area contributed by atoms with E-state index in [0.29, 0.717) is 5.41 Å². The fourth-order valence-electron chi connectivity index (χ4n) is 2.65. The molecular formula is C10H18N2. The Bertz CT molecular complexity index is 182. The zero-order valence-electron chi connectivity index (χ0n) is 7.84. The van der Waals surface area contributed by atoms with Gasteiger partial charge in [0.2, 0.25) is 0 Å². The van der Waals surface area contributed by atoms with Crippen molar-refractivity contribution in [3.8, 4) is 0 Å². The van der Waals surface area contributed by atoms with E-state index in [1.54, 1.807) is 0 Å². The fraction of sp³-hybridized carbons (Fsp3) is 1.00. The van der Waals surface area contributed by atoms with Crippen LogP contribution >= 0.6 is 0 Å². The lowest BCUT2D eigenvalue weighted by Crippen LogP contribution is -2.67. The number of hydrogen-bond acceptors (Lipinski definition) is 2. The molecule has 1 saturated carbocycles. The summed E-state index contributed by atoms with van der Waals surface area (Å²) in [6.45, 7) is 6.42. The van der Waals surface area contributed by atoms with Crippen molar-refractivity contribution >= 4 is 0 Å². The number of nitrogens with zero attached hydrogens (tertiary/aromatic N) is 1. The van der Waals surface area contributed by atoms with Gasteiger partial charge in [-0.3, -0.25) is 4.90 Å². The molecule has 12 heavy (non-hydrogen) atoms. The van der Waals surface area contributed by atoms with Gasteiger partial charge in [-0.25, -0.2) is 0 Å². The van der Waals surface area contributed by atoms with Crippen molar-refractivity contribution in [2.24, 2.45) is 5.41 Å². The van der Waals surface area contributed by atoms with E-state index in [1.165, 1.54) is 38.9 Å². The Labute approximate surface area is 74.3 Å². The summed E-state index contributed by atoms with van der Waals surface area (Å²) in [6.07, 6.45) is 4.37. The van der Waals surface area contributed by atoms with Gasteiger partial charge in [0, 0.05) is 31.7 Å². The number of nitrogens with one attached hydrogen (secondary N) is 1. The second-order valence-corrected chi connectivity index (χ2v) is 5.30. The molecule has 4 rings (SSSR count). The lowest BCUT2D eigenvalue weighted by Gasteiger charge is -2.49. The molecule has 0 aromatic carbocycles. The van der Waals surface area contributed by atoms with Gasteiger partial charge < -0.3 is 5.32 Å². The summed E-state index contributed by atoms with van der Waals surface area (Å²) < 4.78 is 0. The highest BCUT2D eigenvalue weighted by molar-refractivity contribution is 5.00. The first-order valence-corrected chi connectivity index (χ1v) is 5.22. The summed E-state index contributed by atoms with van der Waals surface area (Å²) in [5.74, 6) is 0. The number of rotatable bonds is 2. The summed E-state index contributed by atoms with van der Waals surface area (Å²) in [6, 6.07) is 1.68. The largest absolute Gasteiger partial charge is 0.309 e. The lowest BCUT2D eigenvalue weighted by molar-refractivity contribution is 0.0646. The van der Waals surface area contributed by atoms with Crippen molar-refractivity contribution in [3.05, 3.63) is 0 Å². The molecule has 3 aliphatic heterocycles. The van der Waals surface area contributed by atoms with Crippen LogP contribution in [-0.4, -0.2) is 36.6 Å². The van der Waals surface area contributed by atoms with Crippen molar-refractivity contribution in [1.29, 1.82) is 0 Å². The predicted octanol–water partition coefficient (Wildman–Crippen LogP) is 0.833. The Morgan fingerprint density at radius 1 is 1.33 bits per heavy atom. The van der Waals surface area contributed by atoms with Crippen LogP contribution in [0.1, 0.15) is 26.2 Å². The monoisotopic (exact) mass is 166 g/mol. The zero-order chi connectivity index (χ0) is 8.18. The van der Waals surface area contributed by atoms with Gasteiger partial charge in [0.15, 0.2) is 0 Å². The van der Waals surface area contributed by atoms with Crippen molar-refractivity contribution in [1.82, 2.24) is 10.2 Å². The van der Waals surface area contributed by atoms with E-state index in [2.05, 4.69) is 17.1 Å². The molecule has 4 fully saturated rings. The summed E-state index contributed by atoms with van der Waals surface area (Å²) in [5.41, 5.74) is 0.712. The number of hydrogen-bond donors (Lipinski definition) is 1. The quantitative estimate of drug-likeness (QED) is 0.654. The molecule has 0 aromatic heterocycles. The molecule has 3 heterocycles. The minimum absolute atomic E-state index is 0.712. The summed E-state index contributed by atoms with van der Waals surface area (Å²) in [5, 5.41) is 3.57. The highest BCUT2D eigenvalue weighted by Crippen LogP contribution is 2.46. The SMILES string of the molecule is CC1(CN2CC3CC(C2)N3)CC1. The van der Waals surface area contributed by atoms with Crippen molar-refractivity contribution in [2.45, 2.75) is 38.3 Å². The van der Waals surface area contributed by atoms with Crippen molar-refractivity contribution in [2.75, 3.05) is 19.6 Å². The maximum atomic E-state index is 3.57. The van der Waals surface area contributed by atoms with Gasteiger partial charge in [0.1, 0.15) is 0 Å². The van der Waals surface area contributed by atoms with E-state index in [-0.39, 0.29) is 0 Å². The Morgan fingerprint density at radius 2 is 1.92 bits per heavy atom. The third kappa shape index (κ3) is 1.17. The number of piperidine rings is 1. The van der Waals surface area contributed by atoms with Gasteiger partial charge in [-0.15, -0.1) is 0 Å². The first-order valence-electron chi connectivity index (χ1n) is 5.22. The second-order valence-electron chi connectivity index (χ2n) is 5.30. The molecule has 2 nitrogen and oxygen atoms in total. The molecule has 2 bridgehead atoms. The number of fused-ring (bicyclic) bond motifs is 2. The Balaban J connectivity index is 1.57. The van der Waals surface area contributed by atoms with Crippen molar-refractivity contribution in [3.63, 3.8) is 0 Å². The first-order chi connectivity index (χ1) is 5.73. The molecule has 2 heteroatoms. The van der Waals surface area contributed by atoms with E-state index in [0.717, 1.165) is 12.1 Å². The lowest BCUT2D eigenvalue weighted by atomic mass is 9.90. The van der Waals surface area contributed by atoms with Gasteiger partial charge in [0.05, 0.1) is 0 Å². The topological polar surface area (TPSA) is 15.3 Å². The highest BCUT2D eigenvalue weighted by Gasteiger charge is 2.43. The molecule has 1 aliphatic carbocycles. The molecule has 0 radical (unpaired) electrons. The minimum Gasteiger partial charge on any atom is -0.309 e. The second kappa shape index (κ2) is 2.24. The summed E-state index contributed by atoms with van der Waals surface area (Å²) in [4.78, 5) is 2.67. The van der Waals surface area contributed by atoms with Gasteiger partial charge in [-0.2, -0.15) is 0 Å². The third-order valence-corrected chi connectivity index (χ3v) is 3.71. The molecule has 1 N–H and O–H groups in total. The van der Waals surface area contributed by atoms with Gasteiger partial charge in [0.25, 0.3) is 0 Å². The van der Waals surface area contributed by atoms with Crippen LogP contribution in [0.4, 0.5) is 0 Å². The van der Waals surface area contributed by atoms with Crippen LogP contribution in [0.25, 0.3) is 0 Å². The molecule has 0 amide bonds. The maximum absolute atomic E-state index is 3.57.